The summed E-state index contributed by atoms with van der Waals surface area (Å²) in [6.07, 6.45) is 1.82. The Hall–Kier alpha value is -4.05. The van der Waals surface area contributed by atoms with Gasteiger partial charge < -0.3 is 15.0 Å². The van der Waals surface area contributed by atoms with E-state index in [1.54, 1.807) is 54.6 Å². The number of sulfonamides is 1. The molecule has 0 bridgehead atoms. The molecule has 1 unspecified atom stereocenters. The third kappa shape index (κ3) is 9.28. The van der Waals surface area contributed by atoms with Gasteiger partial charge in [0.1, 0.15) is 18.3 Å². The van der Waals surface area contributed by atoms with Crippen LogP contribution in [0.25, 0.3) is 0 Å². The monoisotopic (exact) mass is 695 g/mol. The highest BCUT2D eigenvalue weighted by Gasteiger charge is 2.35. The predicted octanol–water partition coefficient (Wildman–Crippen LogP) is 7.06. The Morgan fingerprint density at radius 1 is 0.915 bits per heavy atom. The zero-order valence-electron chi connectivity index (χ0n) is 26.7. The van der Waals surface area contributed by atoms with Gasteiger partial charge in [0, 0.05) is 29.6 Å². The van der Waals surface area contributed by atoms with E-state index in [0.29, 0.717) is 22.2 Å². The number of carbonyl (C=O) groups excluding carboxylic acids is 2. The number of halogens is 2. The highest BCUT2D eigenvalue weighted by molar-refractivity contribution is 7.92. The van der Waals surface area contributed by atoms with Crippen molar-refractivity contribution in [3.63, 3.8) is 0 Å². The van der Waals surface area contributed by atoms with Crippen LogP contribution in [0.1, 0.15) is 36.5 Å². The number of nitrogens with zero attached hydrogens (tertiary/aromatic N) is 2. The number of carbonyl (C=O) groups is 2. The maximum absolute atomic E-state index is 14.6. The number of benzene rings is 4. The predicted molar refractivity (Wildman–Crippen MR) is 188 cm³/mol. The summed E-state index contributed by atoms with van der Waals surface area (Å²) in [5.41, 5.74) is 2.44. The molecule has 0 aliphatic rings. The van der Waals surface area contributed by atoms with E-state index >= 15 is 0 Å². The molecule has 4 rings (SSSR count). The van der Waals surface area contributed by atoms with E-state index in [0.717, 1.165) is 28.3 Å². The van der Waals surface area contributed by atoms with Gasteiger partial charge in [0.2, 0.25) is 11.8 Å². The minimum atomic E-state index is -4.28. The zero-order valence-corrected chi connectivity index (χ0v) is 29.0. The Bertz CT molecular complexity index is 1770. The van der Waals surface area contributed by atoms with Crippen LogP contribution < -0.4 is 14.4 Å². The highest BCUT2D eigenvalue weighted by atomic mass is 35.5. The van der Waals surface area contributed by atoms with Crippen LogP contribution in [-0.2, 0) is 32.6 Å². The van der Waals surface area contributed by atoms with Crippen LogP contribution >= 0.6 is 23.2 Å². The number of rotatable bonds is 15. The van der Waals surface area contributed by atoms with Gasteiger partial charge in [0.15, 0.2) is 0 Å². The summed E-state index contributed by atoms with van der Waals surface area (Å²) in [5, 5.41) is 3.71. The molecule has 0 spiro atoms. The minimum absolute atomic E-state index is 0.00671. The number of amides is 2. The van der Waals surface area contributed by atoms with Gasteiger partial charge in [-0.25, -0.2) is 8.42 Å². The van der Waals surface area contributed by atoms with Gasteiger partial charge in [-0.05, 0) is 60.9 Å². The Kier molecular flexibility index (Phi) is 12.7. The van der Waals surface area contributed by atoms with E-state index in [1.165, 1.54) is 24.1 Å². The molecule has 1 atom stereocenters. The second-order valence-electron chi connectivity index (χ2n) is 11.1. The Labute approximate surface area is 287 Å². The van der Waals surface area contributed by atoms with Crippen molar-refractivity contribution in [3.05, 3.63) is 124 Å². The van der Waals surface area contributed by atoms with Crippen molar-refractivity contribution < 1.29 is 22.7 Å². The van der Waals surface area contributed by atoms with Crippen LogP contribution in [0.3, 0.4) is 0 Å². The molecule has 11 heteroatoms. The number of unbranched alkanes of at least 4 members (excludes halogenated alkanes) is 1. The number of aryl methyl sites for hydroxylation is 1. The molecule has 0 aliphatic carbocycles. The van der Waals surface area contributed by atoms with Gasteiger partial charge in [-0.1, -0.05) is 103 Å². The van der Waals surface area contributed by atoms with Gasteiger partial charge in [0.25, 0.3) is 10.0 Å². The van der Waals surface area contributed by atoms with Gasteiger partial charge in [-0.3, -0.25) is 13.9 Å². The first-order chi connectivity index (χ1) is 22.5. The van der Waals surface area contributed by atoms with E-state index in [1.807, 2.05) is 44.2 Å². The lowest BCUT2D eigenvalue weighted by Gasteiger charge is -2.34. The van der Waals surface area contributed by atoms with Crippen molar-refractivity contribution in [1.82, 2.24) is 10.2 Å². The SMILES string of the molecule is CCCCNC(=O)C(Cc1ccccc1)N(Cc1ccc(Cl)cc1Cl)C(=O)CN(c1ccccc1OC)S(=O)(=O)c1ccc(C)cc1. The quantitative estimate of drug-likeness (QED) is 0.134. The molecule has 0 radical (unpaired) electrons. The molecule has 0 aromatic heterocycles. The number of methoxy groups -OCH3 is 1. The summed E-state index contributed by atoms with van der Waals surface area (Å²) in [6, 6.07) is 26.3. The van der Waals surface area contributed by atoms with Crippen LogP contribution in [0.4, 0.5) is 5.69 Å². The second kappa shape index (κ2) is 16.7. The number of hydrogen-bond donors (Lipinski definition) is 1. The summed E-state index contributed by atoms with van der Waals surface area (Å²) in [4.78, 5) is 29.9. The Balaban J connectivity index is 1.84. The van der Waals surface area contributed by atoms with E-state index in [9.17, 15) is 18.0 Å². The highest BCUT2D eigenvalue weighted by Crippen LogP contribution is 2.33. The zero-order chi connectivity index (χ0) is 34.0. The van der Waals surface area contributed by atoms with Gasteiger partial charge in [-0.15, -0.1) is 0 Å². The fourth-order valence-electron chi connectivity index (χ4n) is 5.08. The van der Waals surface area contributed by atoms with Crippen molar-refractivity contribution >= 4 is 50.7 Å². The van der Waals surface area contributed by atoms with Crippen LogP contribution in [0.15, 0.2) is 102 Å². The van der Waals surface area contributed by atoms with E-state index in [2.05, 4.69) is 5.32 Å². The van der Waals surface area contributed by atoms with Gasteiger partial charge in [-0.2, -0.15) is 0 Å². The molecule has 8 nitrogen and oxygen atoms in total. The average molecular weight is 697 g/mol. The standard InChI is InChI=1S/C36H39Cl2N3O5S/c1-4-5-21-39-36(43)33(22-27-11-7-6-8-12-27)40(24-28-17-18-29(37)23-31(28)38)35(42)25-41(32-13-9-10-14-34(32)46-3)47(44,45)30-19-15-26(2)16-20-30/h6-20,23,33H,4-5,21-22,24-25H2,1-3H3,(H,39,43). The van der Waals surface area contributed by atoms with E-state index in [-0.39, 0.29) is 35.2 Å². The third-order valence-electron chi connectivity index (χ3n) is 7.70. The summed E-state index contributed by atoms with van der Waals surface area (Å²) in [5.74, 6) is -0.698. The maximum atomic E-state index is 14.6. The molecule has 0 aliphatic heterocycles. The van der Waals surface area contributed by atoms with Crippen LogP contribution in [0.5, 0.6) is 5.75 Å². The summed E-state index contributed by atoms with van der Waals surface area (Å²) >= 11 is 12.8. The van der Waals surface area contributed by atoms with Crippen molar-refractivity contribution in [3.8, 4) is 5.75 Å². The minimum Gasteiger partial charge on any atom is -0.495 e. The normalized spacial score (nSPS) is 11.9. The van der Waals surface area contributed by atoms with E-state index < -0.39 is 28.5 Å². The van der Waals surface area contributed by atoms with Crippen LogP contribution in [-0.4, -0.2) is 51.4 Å². The summed E-state index contributed by atoms with van der Waals surface area (Å²) < 4.78 is 35.1. The Morgan fingerprint density at radius 2 is 1.60 bits per heavy atom. The Morgan fingerprint density at radius 3 is 2.26 bits per heavy atom. The number of hydrogen-bond acceptors (Lipinski definition) is 5. The molecular formula is C36H39Cl2N3O5S. The van der Waals surface area contributed by atoms with Crippen molar-refractivity contribution in [2.45, 2.75) is 50.6 Å². The second-order valence-corrected chi connectivity index (χ2v) is 13.8. The fraction of sp³-hybridized carbons (Fsp3) is 0.278. The molecule has 0 heterocycles. The number of anilines is 1. The summed E-state index contributed by atoms with van der Waals surface area (Å²) in [6.45, 7) is 3.62. The molecule has 47 heavy (non-hydrogen) atoms. The first-order valence-electron chi connectivity index (χ1n) is 15.3. The first-order valence-corrected chi connectivity index (χ1v) is 17.5. The van der Waals surface area contributed by atoms with Gasteiger partial charge >= 0.3 is 0 Å². The molecule has 0 saturated carbocycles. The lowest BCUT2D eigenvalue weighted by molar-refractivity contribution is -0.140. The average Bonchev–Trinajstić information content (AvgIpc) is 3.06. The largest absolute Gasteiger partial charge is 0.495 e. The maximum Gasteiger partial charge on any atom is 0.264 e. The topological polar surface area (TPSA) is 96.0 Å². The molecule has 2 amide bonds. The van der Waals surface area contributed by atoms with Crippen molar-refractivity contribution in [1.29, 1.82) is 0 Å². The lowest BCUT2D eigenvalue weighted by atomic mass is 10.0. The number of para-hydroxylation sites is 2. The van der Waals surface area contributed by atoms with E-state index in [4.69, 9.17) is 27.9 Å². The molecule has 4 aromatic rings. The molecule has 0 fully saturated rings. The fourth-order valence-corrected chi connectivity index (χ4v) is 6.97. The third-order valence-corrected chi connectivity index (χ3v) is 10.1. The van der Waals surface area contributed by atoms with Crippen molar-refractivity contribution in [2.24, 2.45) is 0 Å². The molecular weight excluding hydrogens is 657 g/mol. The van der Waals surface area contributed by atoms with Gasteiger partial charge in [0.05, 0.1) is 17.7 Å². The number of ether oxygens (including phenoxy) is 1. The van der Waals surface area contributed by atoms with Crippen LogP contribution in [0, 0.1) is 6.92 Å². The number of nitrogens with one attached hydrogen (secondary N) is 1. The molecule has 1 N–H and O–H groups in total. The summed E-state index contributed by atoms with van der Waals surface area (Å²) in [7, 11) is -2.85. The van der Waals surface area contributed by atoms with Crippen molar-refractivity contribution in [2.75, 3.05) is 24.5 Å². The van der Waals surface area contributed by atoms with Crippen LogP contribution in [0.2, 0.25) is 10.0 Å². The molecule has 0 saturated heterocycles. The lowest BCUT2D eigenvalue weighted by Crippen LogP contribution is -2.53. The molecule has 4 aromatic carbocycles. The smallest absolute Gasteiger partial charge is 0.264 e. The first kappa shape index (κ1) is 35.8. The molecule has 248 valence electrons.